The number of halogens is 1. The van der Waals surface area contributed by atoms with E-state index in [0.29, 0.717) is 28.6 Å². The van der Waals surface area contributed by atoms with Crippen molar-refractivity contribution in [2.24, 2.45) is 0 Å². The third kappa shape index (κ3) is 2.89. The Morgan fingerprint density at radius 1 is 1.32 bits per heavy atom. The zero-order valence-electron chi connectivity index (χ0n) is 11.8. The lowest BCUT2D eigenvalue weighted by atomic mass is 10.3. The molecule has 3 aromatic rings. The van der Waals surface area contributed by atoms with Gasteiger partial charge in [-0.25, -0.2) is 9.78 Å². The summed E-state index contributed by atoms with van der Waals surface area (Å²) < 4.78 is 12.2. The molecule has 0 aliphatic heterocycles. The average molecular weight is 317 g/mol. The molecule has 0 radical (unpaired) electrons. The molecule has 0 aliphatic rings. The van der Waals surface area contributed by atoms with Gasteiger partial charge in [-0.15, -0.1) is 0 Å². The van der Waals surface area contributed by atoms with Crippen LogP contribution in [0.15, 0.2) is 48.8 Å². The number of methoxy groups -OCH3 is 1. The highest BCUT2D eigenvalue weighted by Gasteiger charge is 2.09. The van der Waals surface area contributed by atoms with Gasteiger partial charge >= 0.3 is 5.97 Å². The van der Waals surface area contributed by atoms with Crippen LogP contribution >= 0.6 is 11.6 Å². The van der Waals surface area contributed by atoms with Gasteiger partial charge in [-0.05, 0) is 24.3 Å². The van der Waals surface area contributed by atoms with Crippen LogP contribution in [0.25, 0.3) is 5.65 Å². The highest BCUT2D eigenvalue weighted by Crippen LogP contribution is 2.24. The number of aromatic nitrogens is 2. The Morgan fingerprint density at radius 3 is 2.91 bits per heavy atom. The van der Waals surface area contributed by atoms with Crippen LogP contribution in [0.5, 0.6) is 5.75 Å². The van der Waals surface area contributed by atoms with Crippen LogP contribution in [0.2, 0.25) is 5.02 Å². The monoisotopic (exact) mass is 316 g/mol. The molecule has 0 N–H and O–H groups in total. The molecule has 0 saturated carbocycles. The molecule has 0 spiro atoms. The number of hydrogen-bond donors (Lipinski definition) is 0. The summed E-state index contributed by atoms with van der Waals surface area (Å²) in [6, 6.07) is 10.6. The standard InChI is InChI=1S/C16H13ClN2O3/c1-21-16(20)11-6-7-19-9-12(18-15(19)8-11)10-22-14-5-3-2-4-13(14)17/h2-9H,10H2,1H3. The predicted molar refractivity (Wildman–Crippen MR) is 82.3 cm³/mol. The number of fused-ring (bicyclic) bond motifs is 1. The number of nitrogens with zero attached hydrogens (tertiary/aromatic N) is 2. The number of benzene rings is 1. The van der Waals surface area contributed by atoms with Gasteiger partial charge in [0.15, 0.2) is 0 Å². The second-order valence-corrected chi connectivity index (χ2v) is 5.03. The minimum absolute atomic E-state index is 0.291. The summed E-state index contributed by atoms with van der Waals surface area (Å²) in [5, 5.41) is 0.555. The van der Waals surface area contributed by atoms with Gasteiger partial charge in [-0.1, -0.05) is 23.7 Å². The van der Waals surface area contributed by atoms with Crippen LogP contribution in [-0.2, 0) is 11.3 Å². The number of carbonyl (C=O) groups is 1. The molecule has 2 heterocycles. The normalized spacial score (nSPS) is 10.6. The molecule has 6 heteroatoms. The van der Waals surface area contributed by atoms with E-state index < -0.39 is 0 Å². The quantitative estimate of drug-likeness (QED) is 0.693. The number of para-hydroxylation sites is 1. The molecule has 3 rings (SSSR count). The minimum atomic E-state index is -0.389. The largest absolute Gasteiger partial charge is 0.486 e. The lowest BCUT2D eigenvalue weighted by molar-refractivity contribution is 0.0600. The summed E-state index contributed by atoms with van der Waals surface area (Å²) >= 11 is 6.04. The van der Waals surface area contributed by atoms with E-state index in [9.17, 15) is 4.79 Å². The van der Waals surface area contributed by atoms with Gasteiger partial charge in [0.2, 0.25) is 0 Å². The van der Waals surface area contributed by atoms with E-state index in [2.05, 4.69) is 4.98 Å². The number of esters is 1. The molecular weight excluding hydrogens is 304 g/mol. The molecule has 22 heavy (non-hydrogen) atoms. The van der Waals surface area contributed by atoms with Gasteiger partial charge in [-0.3, -0.25) is 0 Å². The van der Waals surface area contributed by atoms with E-state index in [0.717, 1.165) is 5.69 Å². The van der Waals surface area contributed by atoms with Crippen LogP contribution in [0.4, 0.5) is 0 Å². The lowest BCUT2D eigenvalue weighted by Crippen LogP contribution is -2.01. The minimum Gasteiger partial charge on any atom is -0.486 e. The lowest BCUT2D eigenvalue weighted by Gasteiger charge is -2.05. The molecule has 1 aromatic carbocycles. The Balaban J connectivity index is 1.80. The summed E-state index contributed by atoms with van der Waals surface area (Å²) in [5.74, 6) is 0.218. The maximum Gasteiger partial charge on any atom is 0.338 e. The second kappa shape index (κ2) is 6.07. The van der Waals surface area contributed by atoms with Crippen molar-refractivity contribution in [3.8, 4) is 5.75 Å². The highest BCUT2D eigenvalue weighted by atomic mass is 35.5. The van der Waals surface area contributed by atoms with Crippen LogP contribution in [-0.4, -0.2) is 22.5 Å². The van der Waals surface area contributed by atoms with Gasteiger partial charge in [0.25, 0.3) is 0 Å². The molecule has 0 fully saturated rings. The van der Waals surface area contributed by atoms with E-state index in [1.807, 2.05) is 22.7 Å². The summed E-state index contributed by atoms with van der Waals surface area (Å²) in [6.45, 7) is 0.291. The summed E-state index contributed by atoms with van der Waals surface area (Å²) in [7, 11) is 1.35. The summed E-state index contributed by atoms with van der Waals surface area (Å²) in [5.41, 5.74) is 1.85. The van der Waals surface area contributed by atoms with E-state index in [4.69, 9.17) is 21.1 Å². The van der Waals surface area contributed by atoms with Crippen molar-refractivity contribution in [1.82, 2.24) is 9.38 Å². The van der Waals surface area contributed by atoms with Crippen molar-refractivity contribution < 1.29 is 14.3 Å². The number of imidazole rings is 1. The molecular formula is C16H13ClN2O3. The molecule has 0 bridgehead atoms. The van der Waals surface area contributed by atoms with E-state index in [1.54, 1.807) is 30.5 Å². The van der Waals surface area contributed by atoms with Gasteiger partial charge in [0.1, 0.15) is 18.0 Å². The maximum absolute atomic E-state index is 11.5. The number of ether oxygens (including phenoxy) is 2. The van der Waals surface area contributed by atoms with E-state index in [-0.39, 0.29) is 5.97 Å². The third-order valence-corrected chi connectivity index (χ3v) is 3.46. The first-order valence-electron chi connectivity index (χ1n) is 6.60. The topological polar surface area (TPSA) is 52.8 Å². The molecule has 0 atom stereocenters. The van der Waals surface area contributed by atoms with Crippen molar-refractivity contribution in [2.45, 2.75) is 6.61 Å². The fraction of sp³-hybridized carbons (Fsp3) is 0.125. The van der Waals surface area contributed by atoms with Gasteiger partial charge in [0, 0.05) is 12.4 Å². The van der Waals surface area contributed by atoms with E-state index in [1.165, 1.54) is 7.11 Å². The molecule has 5 nitrogen and oxygen atoms in total. The van der Waals surface area contributed by atoms with Crippen molar-refractivity contribution in [2.75, 3.05) is 7.11 Å². The van der Waals surface area contributed by atoms with Gasteiger partial charge in [-0.2, -0.15) is 0 Å². The Bertz CT molecular complexity index is 829. The molecule has 0 saturated heterocycles. The van der Waals surface area contributed by atoms with Crippen LogP contribution in [0.1, 0.15) is 16.1 Å². The zero-order valence-corrected chi connectivity index (χ0v) is 12.6. The van der Waals surface area contributed by atoms with Crippen LogP contribution < -0.4 is 4.74 Å². The maximum atomic E-state index is 11.5. The smallest absolute Gasteiger partial charge is 0.338 e. The molecule has 112 valence electrons. The average Bonchev–Trinajstić information content (AvgIpc) is 2.95. The van der Waals surface area contributed by atoms with Crippen LogP contribution in [0.3, 0.4) is 0 Å². The zero-order chi connectivity index (χ0) is 15.5. The number of pyridine rings is 1. The first kappa shape index (κ1) is 14.4. The molecule has 0 amide bonds. The van der Waals surface area contributed by atoms with E-state index >= 15 is 0 Å². The van der Waals surface area contributed by atoms with Crippen molar-refractivity contribution >= 4 is 23.2 Å². The van der Waals surface area contributed by atoms with Crippen molar-refractivity contribution in [3.05, 3.63) is 65.1 Å². The highest BCUT2D eigenvalue weighted by molar-refractivity contribution is 6.32. The fourth-order valence-corrected chi connectivity index (χ4v) is 2.25. The molecule has 0 unspecified atom stereocenters. The van der Waals surface area contributed by atoms with Gasteiger partial charge < -0.3 is 13.9 Å². The summed E-state index contributed by atoms with van der Waals surface area (Å²) in [4.78, 5) is 15.9. The van der Waals surface area contributed by atoms with Crippen molar-refractivity contribution in [1.29, 1.82) is 0 Å². The van der Waals surface area contributed by atoms with Crippen molar-refractivity contribution in [3.63, 3.8) is 0 Å². The van der Waals surface area contributed by atoms with Crippen LogP contribution in [0, 0.1) is 0 Å². The Labute approximate surface area is 132 Å². The second-order valence-electron chi connectivity index (χ2n) is 4.62. The molecule has 2 aromatic heterocycles. The Hall–Kier alpha value is -2.53. The predicted octanol–water partition coefficient (Wildman–Crippen LogP) is 3.35. The number of carbonyl (C=O) groups excluding carboxylic acids is 1. The summed E-state index contributed by atoms with van der Waals surface area (Å²) in [6.07, 6.45) is 3.60. The first-order chi connectivity index (χ1) is 10.7. The third-order valence-electron chi connectivity index (χ3n) is 3.14. The van der Waals surface area contributed by atoms with Gasteiger partial charge in [0.05, 0.1) is 23.4 Å². The molecule has 0 aliphatic carbocycles. The first-order valence-corrected chi connectivity index (χ1v) is 6.98. The fourth-order valence-electron chi connectivity index (χ4n) is 2.06. The SMILES string of the molecule is COC(=O)c1ccn2cc(COc3ccccc3Cl)nc2c1. The Kier molecular flexibility index (Phi) is 3.98. The number of rotatable bonds is 4. The number of hydrogen-bond acceptors (Lipinski definition) is 4. The Morgan fingerprint density at radius 2 is 2.14 bits per heavy atom.